The third kappa shape index (κ3) is 3.01. The summed E-state index contributed by atoms with van der Waals surface area (Å²) in [5, 5.41) is 10.4. The summed E-state index contributed by atoms with van der Waals surface area (Å²) in [6.07, 6.45) is -0.348. The van der Waals surface area contributed by atoms with Crippen LogP contribution in [-0.2, 0) is 6.54 Å². The van der Waals surface area contributed by atoms with E-state index in [2.05, 4.69) is 4.90 Å². The molecule has 1 aliphatic rings. The van der Waals surface area contributed by atoms with Crippen LogP contribution >= 0.6 is 11.6 Å². The summed E-state index contributed by atoms with van der Waals surface area (Å²) in [4.78, 5) is 4.16. The van der Waals surface area contributed by atoms with E-state index in [1.54, 1.807) is 6.07 Å². The number of aliphatic hydroxyl groups is 1. The van der Waals surface area contributed by atoms with Crippen LogP contribution in [0.2, 0.25) is 5.02 Å². The van der Waals surface area contributed by atoms with Crippen molar-refractivity contribution in [1.82, 2.24) is 9.80 Å². The quantitative estimate of drug-likeness (QED) is 0.905. The van der Waals surface area contributed by atoms with E-state index in [4.69, 9.17) is 11.6 Å². The van der Waals surface area contributed by atoms with E-state index >= 15 is 0 Å². The lowest BCUT2D eigenvalue weighted by atomic mass is 10.2. The Bertz CT molecular complexity index is 427. The van der Waals surface area contributed by atoms with Gasteiger partial charge in [-0.1, -0.05) is 17.7 Å². The Morgan fingerprint density at radius 1 is 1.44 bits per heavy atom. The first kappa shape index (κ1) is 13.7. The number of nitrogens with zero attached hydrogens (tertiary/aromatic N) is 2. The summed E-state index contributed by atoms with van der Waals surface area (Å²) < 4.78 is 12.9. The van der Waals surface area contributed by atoms with Gasteiger partial charge >= 0.3 is 0 Å². The van der Waals surface area contributed by atoms with Gasteiger partial charge in [-0.15, -0.1) is 0 Å². The lowest BCUT2D eigenvalue weighted by Gasteiger charge is -2.21. The number of halogens is 2. The van der Waals surface area contributed by atoms with Crippen molar-refractivity contribution >= 4 is 11.6 Å². The number of aliphatic hydroxyl groups excluding tert-OH is 1. The maximum atomic E-state index is 12.9. The summed E-state index contributed by atoms with van der Waals surface area (Å²) >= 11 is 6.00. The Labute approximate surface area is 112 Å². The first-order chi connectivity index (χ1) is 8.47. The summed E-state index contributed by atoms with van der Waals surface area (Å²) in [6, 6.07) is 4.58. The van der Waals surface area contributed by atoms with Crippen molar-refractivity contribution in [3.8, 4) is 0 Å². The Kier molecular flexibility index (Phi) is 4.22. The topological polar surface area (TPSA) is 26.7 Å². The SMILES string of the molecule is CN(C)[C@H]1CN(Cc2ccc(F)cc2Cl)C[C@@H]1O. The molecule has 1 fully saturated rings. The van der Waals surface area contributed by atoms with Gasteiger partial charge in [-0.2, -0.15) is 0 Å². The monoisotopic (exact) mass is 272 g/mol. The van der Waals surface area contributed by atoms with Gasteiger partial charge in [0.25, 0.3) is 0 Å². The molecule has 2 atom stereocenters. The molecule has 0 aromatic heterocycles. The molecular formula is C13H18ClFN2O. The molecule has 1 saturated heterocycles. The first-order valence-electron chi connectivity index (χ1n) is 5.98. The van der Waals surface area contributed by atoms with Crippen molar-refractivity contribution in [2.75, 3.05) is 27.2 Å². The highest BCUT2D eigenvalue weighted by molar-refractivity contribution is 6.31. The van der Waals surface area contributed by atoms with Crippen LogP contribution in [0.3, 0.4) is 0 Å². The van der Waals surface area contributed by atoms with E-state index in [-0.39, 0.29) is 18.0 Å². The lowest BCUT2D eigenvalue weighted by Crippen LogP contribution is -2.37. The van der Waals surface area contributed by atoms with Gasteiger partial charge < -0.3 is 10.0 Å². The van der Waals surface area contributed by atoms with E-state index in [1.165, 1.54) is 12.1 Å². The maximum absolute atomic E-state index is 12.9. The molecule has 0 spiro atoms. The zero-order chi connectivity index (χ0) is 13.3. The van der Waals surface area contributed by atoms with Crippen LogP contribution in [-0.4, -0.2) is 54.2 Å². The minimum Gasteiger partial charge on any atom is -0.390 e. The number of likely N-dealkylation sites (tertiary alicyclic amines) is 1. The number of benzene rings is 1. The van der Waals surface area contributed by atoms with E-state index in [0.29, 0.717) is 18.1 Å². The summed E-state index contributed by atoms with van der Waals surface area (Å²) in [7, 11) is 3.92. The smallest absolute Gasteiger partial charge is 0.124 e. The van der Waals surface area contributed by atoms with Crippen molar-refractivity contribution in [3.05, 3.63) is 34.6 Å². The van der Waals surface area contributed by atoms with E-state index in [1.807, 2.05) is 19.0 Å². The van der Waals surface area contributed by atoms with Crippen molar-refractivity contribution in [3.63, 3.8) is 0 Å². The molecule has 1 aromatic rings. The zero-order valence-corrected chi connectivity index (χ0v) is 11.4. The fraction of sp³-hybridized carbons (Fsp3) is 0.538. The second-order valence-corrected chi connectivity index (χ2v) is 5.44. The lowest BCUT2D eigenvalue weighted by molar-refractivity contribution is 0.112. The van der Waals surface area contributed by atoms with Crippen LogP contribution in [0.1, 0.15) is 5.56 Å². The minimum absolute atomic E-state index is 0.143. The average Bonchev–Trinajstić information content (AvgIpc) is 2.64. The minimum atomic E-state index is -0.348. The fourth-order valence-electron chi connectivity index (χ4n) is 2.37. The number of hydrogen-bond donors (Lipinski definition) is 1. The Morgan fingerprint density at radius 2 is 2.17 bits per heavy atom. The normalized spacial score (nSPS) is 25.0. The molecule has 0 radical (unpaired) electrons. The van der Waals surface area contributed by atoms with Gasteiger partial charge in [0.05, 0.1) is 6.10 Å². The number of hydrogen-bond acceptors (Lipinski definition) is 3. The molecule has 0 unspecified atom stereocenters. The predicted molar refractivity (Wildman–Crippen MR) is 70.2 cm³/mol. The standard InChI is InChI=1S/C13H18ClFN2O/c1-16(2)12-7-17(8-13(12)18)6-9-3-4-10(15)5-11(9)14/h3-5,12-13,18H,6-8H2,1-2H3/t12-,13-/m0/s1. The molecule has 1 aliphatic heterocycles. The Balaban J connectivity index is 2.03. The predicted octanol–water partition coefficient (Wildman–Crippen LogP) is 1.59. The van der Waals surface area contributed by atoms with E-state index in [9.17, 15) is 9.50 Å². The number of β-amino-alcohol motifs (C(OH)–C–C–N with tert-alkyl or cyclic N) is 1. The van der Waals surface area contributed by atoms with Gasteiger partial charge in [0.15, 0.2) is 0 Å². The van der Waals surface area contributed by atoms with Crippen LogP contribution in [0.4, 0.5) is 4.39 Å². The molecule has 3 nitrogen and oxygen atoms in total. The van der Waals surface area contributed by atoms with Gasteiger partial charge in [-0.3, -0.25) is 4.90 Å². The van der Waals surface area contributed by atoms with Crippen molar-refractivity contribution < 1.29 is 9.50 Å². The first-order valence-corrected chi connectivity index (χ1v) is 6.36. The molecule has 2 rings (SSSR count). The summed E-state index contributed by atoms with van der Waals surface area (Å²) in [5.41, 5.74) is 0.893. The van der Waals surface area contributed by atoms with E-state index < -0.39 is 0 Å². The molecule has 1 N–H and O–H groups in total. The molecule has 1 aromatic carbocycles. The van der Waals surface area contributed by atoms with Crippen LogP contribution in [0, 0.1) is 5.82 Å². The highest BCUT2D eigenvalue weighted by atomic mass is 35.5. The van der Waals surface area contributed by atoms with Crippen molar-refractivity contribution in [2.24, 2.45) is 0 Å². The second kappa shape index (κ2) is 5.53. The molecule has 0 saturated carbocycles. The Hall–Kier alpha value is -0.680. The molecule has 100 valence electrons. The fourth-order valence-corrected chi connectivity index (χ4v) is 2.60. The number of likely N-dealkylation sites (N-methyl/N-ethyl adjacent to an activating group) is 1. The average molecular weight is 273 g/mol. The van der Waals surface area contributed by atoms with Crippen LogP contribution in [0.15, 0.2) is 18.2 Å². The van der Waals surface area contributed by atoms with Crippen LogP contribution in [0.25, 0.3) is 0 Å². The highest BCUT2D eigenvalue weighted by Gasteiger charge is 2.32. The molecule has 0 aliphatic carbocycles. The summed E-state index contributed by atoms with van der Waals surface area (Å²) in [5.74, 6) is -0.323. The van der Waals surface area contributed by atoms with Gasteiger partial charge in [0, 0.05) is 30.7 Å². The molecule has 5 heteroatoms. The zero-order valence-electron chi connectivity index (χ0n) is 10.6. The molecular weight excluding hydrogens is 255 g/mol. The largest absolute Gasteiger partial charge is 0.390 e. The van der Waals surface area contributed by atoms with Crippen LogP contribution < -0.4 is 0 Å². The Morgan fingerprint density at radius 3 is 2.72 bits per heavy atom. The van der Waals surface area contributed by atoms with Crippen molar-refractivity contribution in [2.45, 2.75) is 18.7 Å². The third-order valence-electron chi connectivity index (χ3n) is 3.41. The van der Waals surface area contributed by atoms with Crippen molar-refractivity contribution in [1.29, 1.82) is 0 Å². The maximum Gasteiger partial charge on any atom is 0.124 e. The van der Waals surface area contributed by atoms with Crippen LogP contribution in [0.5, 0.6) is 0 Å². The van der Waals surface area contributed by atoms with Gasteiger partial charge in [0.1, 0.15) is 5.82 Å². The molecule has 18 heavy (non-hydrogen) atoms. The summed E-state index contributed by atoms with van der Waals surface area (Å²) in [6.45, 7) is 2.05. The van der Waals surface area contributed by atoms with Gasteiger partial charge in [-0.25, -0.2) is 4.39 Å². The van der Waals surface area contributed by atoms with E-state index in [0.717, 1.165) is 12.1 Å². The molecule has 1 heterocycles. The number of rotatable bonds is 3. The molecule has 0 bridgehead atoms. The molecule has 0 amide bonds. The highest BCUT2D eigenvalue weighted by Crippen LogP contribution is 2.22. The van der Waals surface area contributed by atoms with Gasteiger partial charge in [-0.05, 0) is 31.8 Å². The third-order valence-corrected chi connectivity index (χ3v) is 3.76. The van der Waals surface area contributed by atoms with Gasteiger partial charge in [0.2, 0.25) is 0 Å². The second-order valence-electron chi connectivity index (χ2n) is 5.03.